The quantitative estimate of drug-likeness (QED) is 0.0888. The summed E-state index contributed by atoms with van der Waals surface area (Å²) in [5.74, 6) is -16.4. The van der Waals surface area contributed by atoms with E-state index in [1.165, 1.54) is 13.2 Å². The molecule has 1 N–H and O–H groups in total. The highest BCUT2D eigenvalue weighted by Crippen LogP contribution is 2.42. The number of carbonyl (C=O) groups excluding carboxylic acids is 1. The maximum Gasteiger partial charge on any atom is 0.335 e. The number of carbonyl (C=O) groups is 2. The molecule has 284 valence electrons. The van der Waals surface area contributed by atoms with Gasteiger partial charge >= 0.3 is 5.97 Å². The summed E-state index contributed by atoms with van der Waals surface area (Å²) in [6.07, 6.45) is 1.86. The number of methoxy groups -OCH3 is 1. The van der Waals surface area contributed by atoms with E-state index in [9.17, 15) is 45.9 Å². The minimum atomic E-state index is -5.83. The molecule has 0 heterocycles. The molecular weight excluding hydrogens is 740 g/mol. The molecular formula is C38H33F6N3O6S. The summed E-state index contributed by atoms with van der Waals surface area (Å²) >= 11 is 0. The highest BCUT2D eigenvalue weighted by Gasteiger charge is 2.39. The monoisotopic (exact) mass is 773 g/mol. The number of carboxylic acids is 1. The summed E-state index contributed by atoms with van der Waals surface area (Å²) < 4.78 is 121. The summed E-state index contributed by atoms with van der Waals surface area (Å²) in [5.41, 5.74) is 1.06. The van der Waals surface area contributed by atoms with Crippen molar-refractivity contribution in [2.75, 3.05) is 18.6 Å². The lowest BCUT2D eigenvalue weighted by atomic mass is 9.84. The lowest BCUT2D eigenvalue weighted by Crippen LogP contribution is -2.43. The summed E-state index contributed by atoms with van der Waals surface area (Å²) in [5, 5.41) is 19.2. The molecule has 0 spiro atoms. The zero-order valence-electron chi connectivity index (χ0n) is 29.3. The molecule has 0 saturated heterocycles. The smallest absolute Gasteiger partial charge is 0.335 e. The van der Waals surface area contributed by atoms with E-state index < -0.39 is 80.4 Å². The second-order valence-electron chi connectivity index (χ2n) is 13.7. The predicted octanol–water partition coefficient (Wildman–Crippen LogP) is 7.70. The van der Waals surface area contributed by atoms with E-state index in [1.807, 2.05) is 39.0 Å². The van der Waals surface area contributed by atoms with Gasteiger partial charge in [0.1, 0.15) is 11.6 Å². The van der Waals surface area contributed by atoms with Crippen molar-refractivity contribution in [3.63, 3.8) is 0 Å². The van der Waals surface area contributed by atoms with Gasteiger partial charge in [0.25, 0.3) is 0 Å². The van der Waals surface area contributed by atoms with E-state index >= 15 is 8.78 Å². The second kappa shape index (κ2) is 15.2. The Labute approximate surface area is 307 Å². The van der Waals surface area contributed by atoms with Gasteiger partial charge in [-0.25, -0.2) is 39.6 Å². The SMILES string of the molecule is COc1cc(C(=O)O)ccc1N(Cc1cc(C2CC2)cc(C(C)(C)C)c1)C(=O)CN(Cc1ccc(F)cc1C#N)S(=O)(=O)c1c(F)c(F)c(F)c(F)c1F. The summed E-state index contributed by atoms with van der Waals surface area (Å²) in [6.45, 7) is 3.25. The fourth-order valence-electron chi connectivity index (χ4n) is 5.80. The van der Waals surface area contributed by atoms with Crippen LogP contribution in [0.25, 0.3) is 0 Å². The van der Waals surface area contributed by atoms with Crippen molar-refractivity contribution in [2.45, 2.75) is 62.9 Å². The number of rotatable bonds is 12. The van der Waals surface area contributed by atoms with Gasteiger partial charge in [-0.1, -0.05) is 45.0 Å². The van der Waals surface area contributed by atoms with Gasteiger partial charge in [0.05, 0.1) is 43.1 Å². The van der Waals surface area contributed by atoms with Crippen molar-refractivity contribution >= 4 is 27.6 Å². The van der Waals surface area contributed by atoms with Crippen LogP contribution in [0.1, 0.15) is 77.7 Å². The molecule has 4 aromatic rings. The number of nitriles is 1. The Kier molecular flexibility index (Phi) is 11.2. The fourth-order valence-corrected chi connectivity index (χ4v) is 7.28. The number of carboxylic acid groups (broad SMARTS) is 1. The highest BCUT2D eigenvalue weighted by molar-refractivity contribution is 7.89. The van der Waals surface area contributed by atoms with E-state index in [2.05, 4.69) is 0 Å². The van der Waals surface area contributed by atoms with Crippen LogP contribution in [-0.2, 0) is 33.3 Å². The molecule has 54 heavy (non-hydrogen) atoms. The second-order valence-corrected chi connectivity index (χ2v) is 15.6. The number of hydrogen-bond acceptors (Lipinski definition) is 6. The Bertz CT molecular complexity index is 2290. The largest absolute Gasteiger partial charge is 0.495 e. The van der Waals surface area contributed by atoms with Crippen LogP contribution in [-0.4, -0.2) is 43.4 Å². The third-order valence-corrected chi connectivity index (χ3v) is 10.7. The van der Waals surface area contributed by atoms with Crippen LogP contribution in [0.15, 0.2) is 59.5 Å². The van der Waals surface area contributed by atoms with Crippen LogP contribution >= 0.6 is 0 Å². The van der Waals surface area contributed by atoms with Gasteiger partial charge in [0, 0.05) is 6.54 Å². The van der Waals surface area contributed by atoms with Crippen molar-refractivity contribution in [1.82, 2.24) is 4.31 Å². The first-order valence-corrected chi connectivity index (χ1v) is 17.8. The molecule has 0 radical (unpaired) electrons. The third-order valence-electron chi connectivity index (χ3n) is 8.91. The molecule has 16 heteroatoms. The van der Waals surface area contributed by atoms with Crippen LogP contribution in [0.5, 0.6) is 5.75 Å². The molecule has 1 aliphatic rings. The third kappa shape index (κ3) is 8.07. The first kappa shape index (κ1) is 39.8. The zero-order valence-corrected chi connectivity index (χ0v) is 30.1. The van der Waals surface area contributed by atoms with Crippen molar-refractivity contribution in [3.05, 3.63) is 123 Å². The fraction of sp³-hybridized carbons (Fsp3) is 0.289. The van der Waals surface area contributed by atoms with Gasteiger partial charge in [-0.15, -0.1) is 0 Å². The molecule has 1 fully saturated rings. The molecule has 0 unspecified atom stereocenters. The van der Waals surface area contributed by atoms with Crippen LogP contribution < -0.4 is 9.64 Å². The van der Waals surface area contributed by atoms with E-state index in [-0.39, 0.29) is 44.7 Å². The molecule has 0 aromatic heterocycles. The molecule has 1 aliphatic carbocycles. The summed E-state index contributed by atoms with van der Waals surface area (Å²) in [4.78, 5) is 25.1. The zero-order chi connectivity index (χ0) is 39.9. The lowest BCUT2D eigenvalue weighted by molar-refractivity contribution is -0.119. The van der Waals surface area contributed by atoms with Gasteiger partial charge < -0.3 is 14.7 Å². The van der Waals surface area contributed by atoms with Crippen LogP contribution in [0.4, 0.5) is 32.0 Å². The summed E-state index contributed by atoms with van der Waals surface area (Å²) in [7, 11) is -4.64. The van der Waals surface area contributed by atoms with Gasteiger partial charge in [-0.2, -0.15) is 9.57 Å². The first-order chi connectivity index (χ1) is 25.3. The molecule has 5 rings (SSSR count). The number of aromatic carboxylic acids is 1. The summed E-state index contributed by atoms with van der Waals surface area (Å²) in [6, 6.07) is 13.4. The lowest BCUT2D eigenvalue weighted by Gasteiger charge is -2.30. The number of amides is 1. The average Bonchev–Trinajstić information content (AvgIpc) is 3.97. The topological polar surface area (TPSA) is 128 Å². The number of ether oxygens (including phenoxy) is 1. The highest BCUT2D eigenvalue weighted by atomic mass is 32.2. The van der Waals surface area contributed by atoms with E-state index in [0.717, 1.165) is 59.2 Å². The standard InChI is InChI=1S/C38H33F6N3O6S/c1-38(2,3)26-12-20(11-24(13-26)21-5-6-21)17-47(28-10-8-22(37(49)50)15-29(28)53-4)30(48)19-46(18-23-7-9-27(39)14-25(23)16-45)54(51,52)36-34(43)32(41)31(40)33(42)35(36)44/h7-15,21H,5-6,17-19H2,1-4H3,(H,49,50). The Balaban J connectivity index is 1.69. The molecule has 0 aliphatic heterocycles. The average molecular weight is 774 g/mol. The van der Waals surface area contributed by atoms with Crippen molar-refractivity contribution in [2.24, 2.45) is 0 Å². The first-order valence-electron chi connectivity index (χ1n) is 16.3. The van der Waals surface area contributed by atoms with E-state index in [0.29, 0.717) is 5.56 Å². The number of anilines is 1. The maximum atomic E-state index is 15.1. The van der Waals surface area contributed by atoms with Crippen molar-refractivity contribution in [3.8, 4) is 11.8 Å². The number of hydrogen-bond donors (Lipinski definition) is 1. The minimum Gasteiger partial charge on any atom is -0.495 e. The van der Waals surface area contributed by atoms with Gasteiger partial charge in [0.15, 0.2) is 28.2 Å². The molecule has 1 saturated carbocycles. The Morgan fingerprint density at radius 2 is 1.52 bits per heavy atom. The molecule has 4 aromatic carbocycles. The normalized spacial score (nSPS) is 13.1. The van der Waals surface area contributed by atoms with Crippen LogP contribution in [0.2, 0.25) is 0 Å². The van der Waals surface area contributed by atoms with Gasteiger partial charge in [-0.3, -0.25) is 4.79 Å². The van der Waals surface area contributed by atoms with Gasteiger partial charge in [0.2, 0.25) is 21.7 Å². The molecule has 0 bridgehead atoms. The van der Waals surface area contributed by atoms with Gasteiger partial charge in [-0.05, 0) is 76.8 Å². The number of benzene rings is 4. The number of halogens is 6. The van der Waals surface area contributed by atoms with Crippen molar-refractivity contribution in [1.29, 1.82) is 5.26 Å². The molecule has 9 nitrogen and oxygen atoms in total. The van der Waals surface area contributed by atoms with Crippen LogP contribution in [0, 0.1) is 46.2 Å². The van der Waals surface area contributed by atoms with Crippen molar-refractivity contribution < 1.29 is 54.2 Å². The molecule has 0 atom stereocenters. The maximum absolute atomic E-state index is 15.1. The predicted molar refractivity (Wildman–Crippen MR) is 183 cm³/mol. The number of nitrogens with zero attached hydrogens (tertiary/aromatic N) is 3. The Hall–Kier alpha value is -5.40. The number of sulfonamides is 1. The van der Waals surface area contributed by atoms with E-state index in [4.69, 9.17) is 4.74 Å². The van der Waals surface area contributed by atoms with E-state index in [1.54, 1.807) is 6.07 Å². The minimum absolute atomic E-state index is 0.0605. The Morgan fingerprint density at radius 3 is 2.07 bits per heavy atom. The molecule has 1 amide bonds. The Morgan fingerprint density at radius 1 is 0.889 bits per heavy atom. The van der Waals surface area contributed by atoms with Crippen LogP contribution in [0.3, 0.4) is 0 Å².